The Kier molecular flexibility index (Phi) is 6.59. The Balaban J connectivity index is 1.72. The summed E-state index contributed by atoms with van der Waals surface area (Å²) in [4.78, 5) is 16.4. The normalized spacial score (nSPS) is 12.0. The van der Waals surface area contributed by atoms with E-state index >= 15 is 0 Å². The van der Waals surface area contributed by atoms with Gasteiger partial charge in [0.25, 0.3) is 0 Å². The molecule has 0 radical (unpaired) electrons. The molecule has 3 aromatic rings. The number of carbonyl (C=O) groups is 1. The minimum absolute atomic E-state index is 0.396. The average molecular weight is 421 g/mol. The Hall–Kier alpha value is -2.39. The molecule has 0 aliphatic carbocycles. The molecular formula is C20H28N4O4S. The molecule has 3 heterocycles. The summed E-state index contributed by atoms with van der Waals surface area (Å²) in [7, 11) is 0. The number of hydrogen-bond acceptors (Lipinski definition) is 6. The SMILES string of the molecule is CCOCc1nc2c[n+]([O-])c3ccsc3c2n1CCCCNC(=O)OC(C)(C)C. The van der Waals surface area contributed by atoms with Crippen LogP contribution < -0.4 is 10.0 Å². The molecule has 0 aromatic carbocycles. The van der Waals surface area contributed by atoms with E-state index in [1.54, 1.807) is 0 Å². The molecule has 0 saturated carbocycles. The lowest BCUT2D eigenvalue weighted by Gasteiger charge is -2.19. The van der Waals surface area contributed by atoms with Crippen LogP contribution >= 0.6 is 11.3 Å². The second kappa shape index (κ2) is 8.96. The first-order valence-electron chi connectivity index (χ1n) is 9.83. The summed E-state index contributed by atoms with van der Waals surface area (Å²) in [6.07, 6.45) is 2.78. The van der Waals surface area contributed by atoms with E-state index in [1.165, 1.54) is 17.5 Å². The van der Waals surface area contributed by atoms with Crippen molar-refractivity contribution in [2.75, 3.05) is 13.2 Å². The Morgan fingerprint density at radius 3 is 2.90 bits per heavy atom. The van der Waals surface area contributed by atoms with Crippen LogP contribution in [0.15, 0.2) is 17.6 Å². The van der Waals surface area contributed by atoms with Crippen molar-refractivity contribution in [2.45, 2.75) is 59.3 Å². The van der Waals surface area contributed by atoms with E-state index in [4.69, 9.17) is 9.47 Å². The highest BCUT2D eigenvalue weighted by molar-refractivity contribution is 7.18. The lowest BCUT2D eigenvalue weighted by Crippen LogP contribution is -2.33. The van der Waals surface area contributed by atoms with Crippen LogP contribution in [-0.2, 0) is 22.6 Å². The molecule has 1 N–H and O–H groups in total. The Morgan fingerprint density at radius 1 is 1.38 bits per heavy atom. The van der Waals surface area contributed by atoms with Gasteiger partial charge in [0.1, 0.15) is 22.7 Å². The number of alkyl carbamates (subject to hydrolysis) is 1. The van der Waals surface area contributed by atoms with Crippen molar-refractivity contribution in [1.82, 2.24) is 14.9 Å². The number of fused-ring (bicyclic) bond motifs is 3. The number of pyridine rings is 1. The van der Waals surface area contributed by atoms with Gasteiger partial charge in [-0.15, -0.1) is 11.3 Å². The number of aromatic nitrogens is 3. The summed E-state index contributed by atoms with van der Waals surface area (Å²) in [5.74, 6) is 0.808. The third-order valence-corrected chi connectivity index (χ3v) is 5.23. The first-order chi connectivity index (χ1) is 13.8. The zero-order valence-electron chi connectivity index (χ0n) is 17.4. The van der Waals surface area contributed by atoms with E-state index in [0.29, 0.717) is 30.8 Å². The molecular weight excluding hydrogens is 392 g/mol. The number of aryl methyl sites for hydroxylation is 1. The van der Waals surface area contributed by atoms with E-state index < -0.39 is 11.7 Å². The highest BCUT2D eigenvalue weighted by atomic mass is 32.1. The van der Waals surface area contributed by atoms with Gasteiger partial charge in [-0.2, -0.15) is 4.73 Å². The van der Waals surface area contributed by atoms with E-state index in [1.807, 2.05) is 39.1 Å². The van der Waals surface area contributed by atoms with Gasteiger partial charge in [-0.1, -0.05) is 0 Å². The molecule has 9 heteroatoms. The number of unbranched alkanes of at least 4 members (excludes halogenated alkanes) is 1. The van der Waals surface area contributed by atoms with Crippen LogP contribution in [0, 0.1) is 5.21 Å². The fourth-order valence-electron chi connectivity index (χ4n) is 3.13. The predicted octanol–water partition coefficient (Wildman–Crippen LogP) is 3.73. The summed E-state index contributed by atoms with van der Waals surface area (Å²) in [5, 5.41) is 16.9. The fraction of sp³-hybridized carbons (Fsp3) is 0.550. The van der Waals surface area contributed by atoms with E-state index in [2.05, 4.69) is 14.9 Å². The van der Waals surface area contributed by atoms with Crippen LogP contribution in [0.2, 0.25) is 0 Å². The smallest absolute Gasteiger partial charge is 0.407 e. The summed E-state index contributed by atoms with van der Waals surface area (Å²) in [6, 6.07) is 1.83. The third kappa shape index (κ3) is 5.16. The van der Waals surface area contributed by atoms with Gasteiger partial charge in [-0.25, -0.2) is 9.78 Å². The number of nitrogens with one attached hydrogen (secondary N) is 1. The predicted molar refractivity (Wildman–Crippen MR) is 113 cm³/mol. The van der Waals surface area contributed by atoms with Gasteiger partial charge in [0.15, 0.2) is 5.52 Å². The standard InChI is InChI=1S/C20H28N4O4S/c1-5-27-13-16-22-14-12-24(26)15-8-11-29-18(15)17(14)23(16)10-7-6-9-21-19(25)28-20(2,3)4/h8,11-12H,5-7,9-10,13H2,1-4H3,(H,21,25). The monoisotopic (exact) mass is 420 g/mol. The fourth-order valence-corrected chi connectivity index (χ4v) is 4.06. The van der Waals surface area contributed by atoms with Gasteiger partial charge in [0.2, 0.25) is 11.7 Å². The molecule has 0 aliphatic rings. The molecule has 0 atom stereocenters. The first-order valence-corrected chi connectivity index (χ1v) is 10.7. The highest BCUT2D eigenvalue weighted by Gasteiger charge is 2.20. The molecule has 29 heavy (non-hydrogen) atoms. The molecule has 0 saturated heterocycles. The van der Waals surface area contributed by atoms with Crippen LogP contribution in [0.5, 0.6) is 0 Å². The van der Waals surface area contributed by atoms with Crippen LogP contribution in [0.25, 0.3) is 21.3 Å². The van der Waals surface area contributed by atoms with Gasteiger partial charge in [-0.05, 0) is 45.9 Å². The van der Waals surface area contributed by atoms with Crippen LogP contribution in [0.4, 0.5) is 4.79 Å². The molecule has 0 unspecified atom stereocenters. The minimum atomic E-state index is -0.501. The second-order valence-corrected chi connectivity index (χ2v) is 8.69. The van der Waals surface area contributed by atoms with Crippen molar-refractivity contribution in [2.24, 2.45) is 0 Å². The maximum Gasteiger partial charge on any atom is 0.407 e. The van der Waals surface area contributed by atoms with Gasteiger partial charge in [0, 0.05) is 25.8 Å². The molecule has 0 bridgehead atoms. The van der Waals surface area contributed by atoms with Crippen molar-refractivity contribution < 1.29 is 19.0 Å². The van der Waals surface area contributed by atoms with Gasteiger partial charge >= 0.3 is 6.09 Å². The van der Waals surface area contributed by atoms with Crippen molar-refractivity contribution >= 4 is 38.7 Å². The van der Waals surface area contributed by atoms with E-state index in [0.717, 1.165) is 40.2 Å². The zero-order chi connectivity index (χ0) is 21.0. The third-order valence-electron chi connectivity index (χ3n) is 4.32. The number of carbonyl (C=O) groups excluding carboxylic acids is 1. The summed E-state index contributed by atoms with van der Waals surface area (Å²) >= 11 is 1.54. The maximum atomic E-state index is 12.2. The topological polar surface area (TPSA) is 92.3 Å². The number of thiophene rings is 1. The zero-order valence-corrected chi connectivity index (χ0v) is 18.2. The lowest BCUT2D eigenvalue weighted by atomic mass is 10.2. The van der Waals surface area contributed by atoms with Gasteiger partial charge < -0.3 is 24.6 Å². The van der Waals surface area contributed by atoms with Gasteiger partial charge in [0.05, 0.1) is 5.52 Å². The molecule has 0 spiro atoms. The number of amides is 1. The molecule has 3 rings (SSSR count). The van der Waals surface area contributed by atoms with Crippen molar-refractivity contribution in [1.29, 1.82) is 0 Å². The van der Waals surface area contributed by atoms with E-state index in [9.17, 15) is 10.0 Å². The Labute approximate surface area is 174 Å². The Morgan fingerprint density at radius 2 is 2.17 bits per heavy atom. The number of imidazole rings is 1. The van der Waals surface area contributed by atoms with Crippen LogP contribution in [-0.4, -0.2) is 34.4 Å². The van der Waals surface area contributed by atoms with Crippen LogP contribution in [0.1, 0.15) is 46.4 Å². The number of ether oxygens (including phenoxy) is 2. The average Bonchev–Trinajstić information content (AvgIpc) is 3.23. The van der Waals surface area contributed by atoms with E-state index in [-0.39, 0.29) is 0 Å². The molecule has 8 nitrogen and oxygen atoms in total. The van der Waals surface area contributed by atoms with Crippen LogP contribution in [0.3, 0.4) is 0 Å². The minimum Gasteiger partial charge on any atom is -0.618 e. The number of hydrogen-bond donors (Lipinski definition) is 1. The Bertz CT molecular complexity index is 990. The molecule has 158 valence electrons. The summed E-state index contributed by atoms with van der Waals surface area (Å²) in [5.41, 5.74) is 1.80. The molecule has 0 aliphatic heterocycles. The quantitative estimate of drug-likeness (QED) is 0.341. The largest absolute Gasteiger partial charge is 0.618 e. The maximum absolute atomic E-state index is 12.2. The van der Waals surface area contributed by atoms with Crippen molar-refractivity contribution in [3.63, 3.8) is 0 Å². The molecule has 0 fully saturated rings. The molecule has 1 amide bonds. The van der Waals surface area contributed by atoms with Crippen molar-refractivity contribution in [3.05, 3.63) is 28.7 Å². The number of nitrogens with zero attached hydrogens (tertiary/aromatic N) is 3. The molecule has 3 aromatic heterocycles. The summed E-state index contributed by atoms with van der Waals surface area (Å²) in [6.45, 7) is 9.72. The highest BCUT2D eigenvalue weighted by Crippen LogP contribution is 2.28. The second-order valence-electron chi connectivity index (χ2n) is 7.78. The van der Waals surface area contributed by atoms with Crippen molar-refractivity contribution in [3.8, 4) is 0 Å². The number of rotatable bonds is 8. The first kappa shape index (κ1) is 21.3. The lowest BCUT2D eigenvalue weighted by molar-refractivity contribution is -0.575. The summed E-state index contributed by atoms with van der Waals surface area (Å²) < 4.78 is 14.8. The van der Waals surface area contributed by atoms with Gasteiger partial charge in [-0.3, -0.25) is 0 Å².